The third-order valence-electron chi connectivity index (χ3n) is 4.43. The second kappa shape index (κ2) is 6.84. The van der Waals surface area contributed by atoms with E-state index in [1.54, 1.807) is 6.92 Å². The SMILES string of the molecule is CC(Nc1c([N+](=O)[O-])cnc2c(F)c(Br)c(Cl)cc12)C1CN(C(=O)O)C1. The van der Waals surface area contributed by atoms with Gasteiger partial charge < -0.3 is 15.3 Å². The molecule has 0 spiro atoms. The Hall–Kier alpha value is -2.20. The molecule has 1 atom stereocenters. The highest BCUT2D eigenvalue weighted by atomic mass is 79.9. The van der Waals surface area contributed by atoms with Crippen LogP contribution in [0.4, 0.5) is 20.6 Å². The number of carboxylic acid groups (broad SMARTS) is 1. The van der Waals surface area contributed by atoms with Crippen molar-refractivity contribution in [3.05, 3.63) is 37.7 Å². The summed E-state index contributed by atoms with van der Waals surface area (Å²) in [4.78, 5) is 26.8. The molecule has 2 heterocycles. The summed E-state index contributed by atoms with van der Waals surface area (Å²) in [5, 5.41) is 23.6. The number of pyridine rings is 1. The molecular formula is C15H13BrClFN4O4. The summed E-state index contributed by atoms with van der Waals surface area (Å²) in [7, 11) is 0. The van der Waals surface area contributed by atoms with Crippen molar-refractivity contribution >= 4 is 55.9 Å². The first-order chi connectivity index (χ1) is 12.2. The van der Waals surface area contributed by atoms with Crippen molar-refractivity contribution < 1.29 is 19.2 Å². The Bertz CT molecular complexity index is 922. The molecule has 0 bridgehead atoms. The fraction of sp³-hybridized carbons (Fsp3) is 0.333. The number of nitro groups is 1. The first-order valence-corrected chi connectivity index (χ1v) is 8.72. The fourth-order valence-electron chi connectivity index (χ4n) is 2.85. The summed E-state index contributed by atoms with van der Waals surface area (Å²) in [5.41, 5.74) is -0.256. The highest BCUT2D eigenvalue weighted by Gasteiger charge is 2.35. The van der Waals surface area contributed by atoms with Gasteiger partial charge >= 0.3 is 11.8 Å². The smallest absolute Gasteiger partial charge is 0.407 e. The lowest BCUT2D eigenvalue weighted by atomic mass is 9.92. The molecule has 1 saturated heterocycles. The molecule has 0 saturated carbocycles. The van der Waals surface area contributed by atoms with E-state index in [4.69, 9.17) is 16.7 Å². The first kappa shape index (κ1) is 18.6. The number of rotatable bonds is 4. The molecule has 0 aliphatic carbocycles. The molecule has 11 heteroatoms. The second-order valence-corrected chi connectivity index (χ2v) is 7.24. The molecule has 2 N–H and O–H groups in total. The Balaban J connectivity index is 2.01. The maximum Gasteiger partial charge on any atom is 0.407 e. The number of halogens is 3. The third kappa shape index (κ3) is 3.14. The van der Waals surface area contributed by atoms with Crippen LogP contribution in [0.1, 0.15) is 6.92 Å². The molecular weight excluding hydrogens is 435 g/mol. The largest absolute Gasteiger partial charge is 0.465 e. The van der Waals surface area contributed by atoms with Gasteiger partial charge in [-0.25, -0.2) is 14.2 Å². The quantitative estimate of drug-likeness (QED) is 0.415. The van der Waals surface area contributed by atoms with E-state index in [0.29, 0.717) is 13.1 Å². The highest BCUT2D eigenvalue weighted by molar-refractivity contribution is 9.10. The zero-order valence-corrected chi connectivity index (χ0v) is 15.7. The van der Waals surface area contributed by atoms with Crippen LogP contribution >= 0.6 is 27.5 Å². The van der Waals surface area contributed by atoms with Gasteiger partial charge in [0.05, 0.1) is 14.4 Å². The Kier molecular flexibility index (Phi) is 4.89. The molecule has 2 aromatic rings. The predicted molar refractivity (Wildman–Crippen MR) is 97.2 cm³/mol. The topological polar surface area (TPSA) is 109 Å². The van der Waals surface area contributed by atoms with E-state index < -0.39 is 16.8 Å². The molecule has 8 nitrogen and oxygen atoms in total. The highest BCUT2D eigenvalue weighted by Crippen LogP contribution is 2.39. The zero-order chi connectivity index (χ0) is 19.2. The number of benzene rings is 1. The van der Waals surface area contributed by atoms with Gasteiger partial charge in [0.2, 0.25) is 0 Å². The van der Waals surface area contributed by atoms with Gasteiger partial charge in [0.25, 0.3) is 0 Å². The van der Waals surface area contributed by atoms with Crippen LogP contribution in [0.2, 0.25) is 5.02 Å². The van der Waals surface area contributed by atoms with Crippen molar-refractivity contribution in [2.24, 2.45) is 5.92 Å². The van der Waals surface area contributed by atoms with Crippen molar-refractivity contribution in [2.75, 3.05) is 18.4 Å². The van der Waals surface area contributed by atoms with Gasteiger partial charge in [-0.3, -0.25) is 10.1 Å². The van der Waals surface area contributed by atoms with Crippen LogP contribution in [0.15, 0.2) is 16.7 Å². The van der Waals surface area contributed by atoms with E-state index >= 15 is 0 Å². The van der Waals surface area contributed by atoms with Crippen molar-refractivity contribution in [3.63, 3.8) is 0 Å². The van der Waals surface area contributed by atoms with E-state index in [1.165, 1.54) is 11.0 Å². The molecule has 1 unspecified atom stereocenters. The van der Waals surface area contributed by atoms with E-state index in [9.17, 15) is 19.3 Å². The molecule has 0 radical (unpaired) electrons. The van der Waals surface area contributed by atoms with Crippen molar-refractivity contribution in [2.45, 2.75) is 13.0 Å². The predicted octanol–water partition coefficient (Wildman–Crippen LogP) is 4.11. The minimum atomic E-state index is -1.01. The van der Waals surface area contributed by atoms with Gasteiger partial charge in [-0.2, -0.15) is 0 Å². The lowest BCUT2D eigenvalue weighted by Crippen LogP contribution is -2.54. The number of hydrogen-bond acceptors (Lipinski definition) is 5. The molecule has 1 aromatic carbocycles. The number of likely N-dealkylation sites (tertiary alicyclic amines) is 1. The lowest BCUT2D eigenvalue weighted by molar-refractivity contribution is -0.384. The van der Waals surface area contributed by atoms with E-state index in [2.05, 4.69) is 26.2 Å². The number of hydrogen-bond donors (Lipinski definition) is 2. The van der Waals surface area contributed by atoms with E-state index in [1.807, 2.05) is 0 Å². The van der Waals surface area contributed by atoms with Gasteiger partial charge in [-0.15, -0.1) is 0 Å². The molecule has 26 heavy (non-hydrogen) atoms. The maximum absolute atomic E-state index is 14.4. The molecule has 1 aromatic heterocycles. The first-order valence-electron chi connectivity index (χ1n) is 7.55. The molecule has 1 aliphatic rings. The van der Waals surface area contributed by atoms with Gasteiger partial charge in [0.15, 0.2) is 5.82 Å². The summed E-state index contributed by atoms with van der Waals surface area (Å²) in [6, 6.07) is 1.13. The monoisotopic (exact) mass is 446 g/mol. The van der Waals surface area contributed by atoms with Crippen LogP contribution in [0.25, 0.3) is 10.9 Å². The maximum atomic E-state index is 14.4. The summed E-state index contributed by atoms with van der Waals surface area (Å²) >= 11 is 9.03. The normalized spacial score (nSPS) is 15.6. The average molecular weight is 448 g/mol. The van der Waals surface area contributed by atoms with E-state index in [0.717, 1.165) is 6.20 Å². The van der Waals surface area contributed by atoms with Gasteiger partial charge in [-0.1, -0.05) is 11.6 Å². The van der Waals surface area contributed by atoms with E-state index in [-0.39, 0.29) is 43.7 Å². The van der Waals surface area contributed by atoms with Crippen LogP contribution in [0.3, 0.4) is 0 Å². The summed E-state index contributed by atoms with van der Waals surface area (Å²) < 4.78 is 14.5. The molecule has 3 rings (SSSR count). The average Bonchev–Trinajstić information content (AvgIpc) is 2.51. The Morgan fingerprint density at radius 2 is 2.27 bits per heavy atom. The van der Waals surface area contributed by atoms with Crippen LogP contribution in [0, 0.1) is 21.8 Å². The lowest BCUT2D eigenvalue weighted by Gasteiger charge is -2.41. The standard InChI is InChI=1S/C15H13BrClFN4O4/c1-6(7-4-21(5-7)15(23)24)20-13-8-2-9(17)11(16)12(18)14(8)19-3-10(13)22(25)26/h2-3,6-7H,4-5H2,1H3,(H,19,20)(H,23,24). The Morgan fingerprint density at radius 1 is 1.62 bits per heavy atom. The van der Waals surface area contributed by atoms with Crippen LogP contribution in [-0.2, 0) is 0 Å². The summed E-state index contributed by atoms with van der Waals surface area (Å²) in [6.45, 7) is 2.43. The Morgan fingerprint density at radius 3 is 2.85 bits per heavy atom. The number of aromatic nitrogens is 1. The number of anilines is 1. The van der Waals surface area contributed by atoms with Crippen LogP contribution in [0.5, 0.6) is 0 Å². The van der Waals surface area contributed by atoms with Crippen molar-refractivity contribution in [3.8, 4) is 0 Å². The van der Waals surface area contributed by atoms with Gasteiger partial charge in [0.1, 0.15) is 17.4 Å². The van der Waals surface area contributed by atoms with Crippen molar-refractivity contribution in [1.82, 2.24) is 9.88 Å². The van der Waals surface area contributed by atoms with Crippen molar-refractivity contribution in [1.29, 1.82) is 0 Å². The third-order valence-corrected chi connectivity index (χ3v) is 5.74. The number of fused-ring (bicyclic) bond motifs is 1. The Labute approximate surface area is 160 Å². The minimum absolute atomic E-state index is 0.0234. The number of nitrogens with zero attached hydrogens (tertiary/aromatic N) is 3. The summed E-state index contributed by atoms with van der Waals surface area (Å²) in [5.74, 6) is -0.733. The number of carbonyl (C=O) groups is 1. The van der Waals surface area contributed by atoms with Gasteiger partial charge in [0, 0.05) is 30.4 Å². The number of nitrogens with one attached hydrogen (secondary N) is 1. The van der Waals surface area contributed by atoms with Crippen LogP contribution in [-0.4, -0.2) is 45.1 Å². The molecule has 1 fully saturated rings. The molecule has 1 aliphatic heterocycles. The summed E-state index contributed by atoms with van der Waals surface area (Å²) in [6.07, 6.45) is -0.0157. The minimum Gasteiger partial charge on any atom is -0.465 e. The second-order valence-electron chi connectivity index (χ2n) is 6.04. The van der Waals surface area contributed by atoms with Crippen LogP contribution < -0.4 is 5.32 Å². The zero-order valence-electron chi connectivity index (χ0n) is 13.4. The fourth-order valence-corrected chi connectivity index (χ4v) is 3.35. The molecule has 1 amide bonds. The molecule has 138 valence electrons. The number of amides is 1. The van der Waals surface area contributed by atoms with Gasteiger partial charge in [-0.05, 0) is 28.9 Å².